The lowest BCUT2D eigenvalue weighted by Crippen LogP contribution is -2.40. The monoisotopic (exact) mass is 254 g/mol. The first-order valence-corrected chi connectivity index (χ1v) is 6.75. The zero-order chi connectivity index (χ0) is 13.5. The quantitative estimate of drug-likeness (QED) is 0.769. The van der Waals surface area contributed by atoms with Gasteiger partial charge in [0.05, 0.1) is 11.8 Å². The van der Waals surface area contributed by atoms with Crippen LogP contribution in [0.1, 0.15) is 46.5 Å². The number of carboxylic acids is 1. The summed E-state index contributed by atoms with van der Waals surface area (Å²) in [4.78, 5) is 23.5. The second-order valence-corrected chi connectivity index (χ2v) is 6.58. The summed E-state index contributed by atoms with van der Waals surface area (Å²) in [7, 11) is 0. The highest BCUT2D eigenvalue weighted by Crippen LogP contribution is 2.50. The molecule has 0 spiro atoms. The van der Waals surface area contributed by atoms with Gasteiger partial charge < -0.3 is 9.84 Å². The summed E-state index contributed by atoms with van der Waals surface area (Å²) in [5.41, 5.74) is -0.495. The van der Waals surface area contributed by atoms with Crippen molar-refractivity contribution in [1.29, 1.82) is 0 Å². The van der Waals surface area contributed by atoms with E-state index in [9.17, 15) is 14.7 Å². The molecule has 2 aliphatic carbocycles. The van der Waals surface area contributed by atoms with Gasteiger partial charge in [-0.2, -0.15) is 0 Å². The fraction of sp³-hybridized carbons (Fsp3) is 0.857. The minimum atomic E-state index is -0.740. The average Bonchev–Trinajstić information content (AvgIpc) is 2.50. The highest BCUT2D eigenvalue weighted by Gasteiger charge is 2.50. The molecule has 102 valence electrons. The Hall–Kier alpha value is -1.06. The largest absolute Gasteiger partial charge is 0.481 e. The lowest BCUT2D eigenvalue weighted by molar-refractivity contribution is -0.166. The van der Waals surface area contributed by atoms with E-state index in [4.69, 9.17) is 4.74 Å². The molecule has 0 aliphatic heterocycles. The van der Waals surface area contributed by atoms with Gasteiger partial charge in [-0.15, -0.1) is 0 Å². The molecule has 18 heavy (non-hydrogen) atoms. The molecule has 2 fully saturated rings. The standard InChI is InChI=1S/C14H22O4/c1-14(2,3)18-13(17)10-7-5-8-4-6-9(10)11(8)12(15)16/h8-11H,4-7H2,1-3H3,(H,15,16). The van der Waals surface area contributed by atoms with Crippen molar-refractivity contribution >= 4 is 11.9 Å². The molecule has 2 saturated carbocycles. The van der Waals surface area contributed by atoms with Gasteiger partial charge in [0.1, 0.15) is 5.60 Å². The lowest BCUT2D eigenvalue weighted by Gasteiger charge is -2.34. The highest BCUT2D eigenvalue weighted by molar-refractivity contribution is 5.77. The fourth-order valence-corrected chi connectivity index (χ4v) is 3.55. The van der Waals surface area contributed by atoms with Crippen LogP contribution in [0.4, 0.5) is 0 Å². The van der Waals surface area contributed by atoms with Crippen LogP contribution in [0, 0.1) is 23.7 Å². The summed E-state index contributed by atoms with van der Waals surface area (Å²) in [6.45, 7) is 5.54. The molecule has 2 rings (SSSR count). The predicted molar refractivity (Wildman–Crippen MR) is 65.9 cm³/mol. The van der Waals surface area contributed by atoms with Gasteiger partial charge >= 0.3 is 11.9 Å². The van der Waals surface area contributed by atoms with Crippen molar-refractivity contribution in [2.24, 2.45) is 23.7 Å². The van der Waals surface area contributed by atoms with E-state index in [0.717, 1.165) is 25.7 Å². The van der Waals surface area contributed by atoms with Gasteiger partial charge in [0.2, 0.25) is 0 Å². The van der Waals surface area contributed by atoms with E-state index in [1.54, 1.807) is 0 Å². The number of ether oxygens (including phenoxy) is 1. The van der Waals surface area contributed by atoms with Crippen LogP contribution in [0.2, 0.25) is 0 Å². The minimum Gasteiger partial charge on any atom is -0.481 e. The first-order valence-electron chi connectivity index (χ1n) is 6.75. The number of hydrogen-bond acceptors (Lipinski definition) is 3. The molecule has 4 atom stereocenters. The van der Waals surface area contributed by atoms with E-state index in [2.05, 4.69) is 0 Å². The van der Waals surface area contributed by atoms with E-state index in [0.29, 0.717) is 0 Å². The third-order valence-electron chi connectivity index (χ3n) is 4.20. The molecule has 4 unspecified atom stereocenters. The first-order chi connectivity index (χ1) is 8.29. The summed E-state index contributed by atoms with van der Waals surface area (Å²) < 4.78 is 5.42. The second kappa shape index (κ2) is 4.56. The number of carbonyl (C=O) groups excluding carboxylic acids is 1. The van der Waals surface area contributed by atoms with Crippen molar-refractivity contribution in [3.05, 3.63) is 0 Å². The SMILES string of the molecule is CC(C)(C)OC(=O)C1CCC2CCC1C2C(=O)O. The molecule has 2 aliphatic rings. The first kappa shape index (κ1) is 13.4. The Morgan fingerprint density at radius 1 is 1.11 bits per heavy atom. The molecule has 0 aromatic heterocycles. The Labute approximate surface area is 108 Å². The zero-order valence-corrected chi connectivity index (χ0v) is 11.3. The summed E-state index contributed by atoms with van der Waals surface area (Å²) in [5.74, 6) is -1.25. The highest BCUT2D eigenvalue weighted by atomic mass is 16.6. The number of hydrogen-bond donors (Lipinski definition) is 1. The molecule has 4 heteroatoms. The third kappa shape index (κ3) is 2.52. The molecule has 0 amide bonds. The Balaban J connectivity index is 2.10. The van der Waals surface area contributed by atoms with Crippen LogP contribution in [-0.4, -0.2) is 22.6 Å². The number of carbonyl (C=O) groups is 2. The van der Waals surface area contributed by atoms with Gasteiger partial charge in [-0.3, -0.25) is 9.59 Å². The Morgan fingerprint density at radius 3 is 2.28 bits per heavy atom. The topological polar surface area (TPSA) is 63.6 Å². The normalized spacial score (nSPS) is 35.3. The van der Waals surface area contributed by atoms with Crippen molar-refractivity contribution in [2.75, 3.05) is 0 Å². The van der Waals surface area contributed by atoms with Crippen LogP contribution in [0.25, 0.3) is 0 Å². The molecule has 0 saturated heterocycles. The molecular formula is C14H22O4. The van der Waals surface area contributed by atoms with E-state index >= 15 is 0 Å². The maximum absolute atomic E-state index is 12.2. The van der Waals surface area contributed by atoms with Gasteiger partial charge in [0.25, 0.3) is 0 Å². The number of carboxylic acid groups (broad SMARTS) is 1. The number of aliphatic carboxylic acids is 1. The van der Waals surface area contributed by atoms with Gasteiger partial charge in [0, 0.05) is 0 Å². The lowest BCUT2D eigenvalue weighted by atomic mass is 9.72. The summed E-state index contributed by atoms with van der Waals surface area (Å²) in [6.07, 6.45) is 3.43. The maximum Gasteiger partial charge on any atom is 0.309 e. The third-order valence-corrected chi connectivity index (χ3v) is 4.20. The van der Waals surface area contributed by atoms with Crippen LogP contribution < -0.4 is 0 Å². The molecular weight excluding hydrogens is 232 g/mol. The maximum atomic E-state index is 12.2. The Bertz CT molecular complexity index is 355. The van der Waals surface area contributed by atoms with Gasteiger partial charge in [-0.1, -0.05) is 0 Å². The van der Waals surface area contributed by atoms with Gasteiger partial charge in [0.15, 0.2) is 0 Å². The summed E-state index contributed by atoms with van der Waals surface area (Å²) >= 11 is 0. The van der Waals surface area contributed by atoms with Crippen LogP contribution >= 0.6 is 0 Å². The van der Waals surface area contributed by atoms with Gasteiger partial charge in [-0.25, -0.2) is 0 Å². The second-order valence-electron chi connectivity index (χ2n) is 6.58. The van der Waals surface area contributed by atoms with Crippen molar-refractivity contribution in [2.45, 2.75) is 52.1 Å². The van der Waals surface area contributed by atoms with Crippen molar-refractivity contribution in [1.82, 2.24) is 0 Å². The predicted octanol–water partition coefficient (Wildman–Crippen LogP) is 2.47. The van der Waals surface area contributed by atoms with E-state index in [1.807, 2.05) is 20.8 Å². The molecule has 4 nitrogen and oxygen atoms in total. The van der Waals surface area contributed by atoms with Crippen LogP contribution in [0.5, 0.6) is 0 Å². The molecule has 0 heterocycles. The summed E-state index contributed by atoms with van der Waals surface area (Å²) in [5, 5.41) is 9.30. The molecule has 1 N–H and O–H groups in total. The van der Waals surface area contributed by atoms with Crippen LogP contribution in [0.15, 0.2) is 0 Å². The Morgan fingerprint density at radius 2 is 1.72 bits per heavy atom. The van der Waals surface area contributed by atoms with E-state index in [-0.39, 0.29) is 29.6 Å². The number of esters is 1. The fourth-order valence-electron chi connectivity index (χ4n) is 3.55. The molecule has 0 aromatic rings. The van der Waals surface area contributed by atoms with E-state index in [1.165, 1.54) is 0 Å². The van der Waals surface area contributed by atoms with Crippen molar-refractivity contribution in [3.63, 3.8) is 0 Å². The zero-order valence-electron chi connectivity index (χ0n) is 11.3. The van der Waals surface area contributed by atoms with Crippen LogP contribution in [-0.2, 0) is 14.3 Å². The number of rotatable bonds is 2. The van der Waals surface area contributed by atoms with Crippen molar-refractivity contribution < 1.29 is 19.4 Å². The molecule has 0 radical (unpaired) electrons. The molecule has 2 bridgehead atoms. The van der Waals surface area contributed by atoms with Crippen LogP contribution in [0.3, 0.4) is 0 Å². The van der Waals surface area contributed by atoms with Gasteiger partial charge in [-0.05, 0) is 58.3 Å². The smallest absolute Gasteiger partial charge is 0.309 e. The van der Waals surface area contributed by atoms with E-state index < -0.39 is 11.6 Å². The number of fused-ring (bicyclic) bond motifs is 2. The average molecular weight is 254 g/mol. The summed E-state index contributed by atoms with van der Waals surface area (Å²) in [6, 6.07) is 0. The minimum absolute atomic E-state index is 0.0175. The van der Waals surface area contributed by atoms with Crippen molar-refractivity contribution in [3.8, 4) is 0 Å². The Kier molecular flexibility index (Phi) is 3.39. The molecule has 0 aromatic carbocycles.